The van der Waals surface area contributed by atoms with Crippen molar-refractivity contribution >= 4 is 9.84 Å². The molecule has 2 unspecified atom stereocenters. The van der Waals surface area contributed by atoms with Gasteiger partial charge >= 0.3 is 0 Å². The molecule has 0 aliphatic heterocycles. The average molecular weight is 236 g/mol. The van der Waals surface area contributed by atoms with Crippen LogP contribution < -0.4 is 11.3 Å². The van der Waals surface area contributed by atoms with E-state index in [1.54, 1.807) is 6.92 Å². The molecule has 0 saturated heterocycles. The van der Waals surface area contributed by atoms with Gasteiger partial charge in [-0.3, -0.25) is 11.3 Å². The topological polar surface area (TPSA) is 72.2 Å². The summed E-state index contributed by atoms with van der Waals surface area (Å²) in [6.45, 7) is 3.86. The molecule has 0 heterocycles. The quantitative estimate of drug-likeness (QED) is 0.377. The van der Waals surface area contributed by atoms with E-state index in [0.717, 1.165) is 19.3 Å². The third-order valence-electron chi connectivity index (χ3n) is 2.82. The summed E-state index contributed by atoms with van der Waals surface area (Å²) in [6, 6.07) is -0.128. The van der Waals surface area contributed by atoms with Gasteiger partial charge in [-0.25, -0.2) is 8.42 Å². The summed E-state index contributed by atoms with van der Waals surface area (Å²) in [5.74, 6) is 5.37. The van der Waals surface area contributed by atoms with E-state index < -0.39 is 15.1 Å². The fourth-order valence-electron chi connectivity index (χ4n) is 1.54. The first-order valence-corrected chi connectivity index (χ1v) is 7.54. The zero-order chi connectivity index (χ0) is 11.9. The average Bonchev–Trinajstić information content (AvgIpc) is 2.16. The summed E-state index contributed by atoms with van der Waals surface area (Å²) in [5.41, 5.74) is 2.61. The first-order chi connectivity index (χ1) is 6.93. The Labute approximate surface area is 93.5 Å². The maximum atomic E-state index is 11.3. The largest absolute Gasteiger partial charge is 0.271 e. The van der Waals surface area contributed by atoms with Crippen LogP contribution in [-0.4, -0.2) is 26.0 Å². The molecule has 4 nitrogen and oxygen atoms in total. The Balaban J connectivity index is 4.03. The van der Waals surface area contributed by atoms with Crippen LogP contribution in [0.15, 0.2) is 0 Å². The highest BCUT2D eigenvalue weighted by molar-refractivity contribution is 7.91. The number of hydrogen-bond donors (Lipinski definition) is 2. The van der Waals surface area contributed by atoms with Crippen molar-refractivity contribution in [2.24, 2.45) is 5.84 Å². The minimum absolute atomic E-state index is 0.128. The molecule has 0 fully saturated rings. The van der Waals surface area contributed by atoms with Crippen molar-refractivity contribution in [3.05, 3.63) is 0 Å². The highest BCUT2D eigenvalue weighted by Gasteiger charge is 2.24. The first kappa shape index (κ1) is 14.9. The van der Waals surface area contributed by atoms with Crippen LogP contribution in [0.1, 0.15) is 46.0 Å². The van der Waals surface area contributed by atoms with E-state index in [-0.39, 0.29) is 6.04 Å². The van der Waals surface area contributed by atoms with Crippen molar-refractivity contribution in [2.75, 3.05) is 6.26 Å². The van der Waals surface area contributed by atoms with Crippen molar-refractivity contribution in [1.82, 2.24) is 5.43 Å². The molecule has 5 heteroatoms. The molecular formula is C10H24N2O2S. The Kier molecular flexibility index (Phi) is 7.13. The van der Waals surface area contributed by atoms with E-state index in [2.05, 4.69) is 12.3 Å². The van der Waals surface area contributed by atoms with Crippen LogP contribution in [0, 0.1) is 0 Å². The number of nitrogens with two attached hydrogens (primary N) is 1. The summed E-state index contributed by atoms with van der Waals surface area (Å²) in [6.07, 6.45) is 6.64. The lowest BCUT2D eigenvalue weighted by Gasteiger charge is -2.21. The minimum Gasteiger partial charge on any atom is -0.271 e. The highest BCUT2D eigenvalue weighted by atomic mass is 32.2. The molecule has 0 aromatic heterocycles. The van der Waals surface area contributed by atoms with Crippen LogP contribution >= 0.6 is 0 Å². The number of unbranched alkanes of at least 4 members (excludes halogenated alkanes) is 3. The van der Waals surface area contributed by atoms with Gasteiger partial charge in [-0.05, 0) is 13.3 Å². The van der Waals surface area contributed by atoms with Crippen LogP contribution in [0.5, 0.6) is 0 Å². The van der Waals surface area contributed by atoms with Gasteiger partial charge in [0.25, 0.3) is 0 Å². The van der Waals surface area contributed by atoms with Crippen molar-refractivity contribution < 1.29 is 8.42 Å². The van der Waals surface area contributed by atoms with Crippen LogP contribution in [0.3, 0.4) is 0 Å². The Hall–Kier alpha value is -0.130. The summed E-state index contributed by atoms with van der Waals surface area (Å²) >= 11 is 0. The molecule has 0 aromatic rings. The van der Waals surface area contributed by atoms with E-state index >= 15 is 0 Å². The molecule has 0 aliphatic carbocycles. The van der Waals surface area contributed by atoms with Gasteiger partial charge < -0.3 is 0 Å². The molecule has 2 atom stereocenters. The summed E-state index contributed by atoms with van der Waals surface area (Å²) < 4.78 is 22.6. The highest BCUT2D eigenvalue weighted by Crippen LogP contribution is 2.12. The summed E-state index contributed by atoms with van der Waals surface area (Å²) in [5, 5.41) is -0.413. The van der Waals surface area contributed by atoms with Gasteiger partial charge in [-0.15, -0.1) is 0 Å². The Bertz CT molecular complexity index is 252. The maximum Gasteiger partial charge on any atom is 0.151 e. The van der Waals surface area contributed by atoms with Crippen LogP contribution in [0.25, 0.3) is 0 Å². The lowest BCUT2D eigenvalue weighted by atomic mass is 10.1. The molecule has 0 spiro atoms. The smallest absolute Gasteiger partial charge is 0.151 e. The zero-order valence-electron chi connectivity index (χ0n) is 9.99. The molecule has 0 aliphatic rings. The lowest BCUT2D eigenvalue weighted by Crippen LogP contribution is -2.45. The molecule has 15 heavy (non-hydrogen) atoms. The van der Waals surface area contributed by atoms with Crippen molar-refractivity contribution in [3.63, 3.8) is 0 Å². The molecule has 0 bridgehead atoms. The van der Waals surface area contributed by atoms with E-state index in [1.165, 1.54) is 19.1 Å². The van der Waals surface area contributed by atoms with Gasteiger partial charge in [0.2, 0.25) is 0 Å². The molecule has 0 radical (unpaired) electrons. The second-order valence-electron chi connectivity index (χ2n) is 4.16. The fourth-order valence-corrected chi connectivity index (χ4v) is 2.35. The Morgan fingerprint density at radius 2 is 1.87 bits per heavy atom. The van der Waals surface area contributed by atoms with E-state index in [9.17, 15) is 8.42 Å². The van der Waals surface area contributed by atoms with Gasteiger partial charge in [0.1, 0.15) is 0 Å². The molecular weight excluding hydrogens is 212 g/mol. The number of nitrogens with one attached hydrogen (secondary N) is 1. The van der Waals surface area contributed by atoms with Gasteiger partial charge in [0.05, 0.1) is 5.25 Å². The Morgan fingerprint density at radius 1 is 1.27 bits per heavy atom. The predicted molar refractivity (Wildman–Crippen MR) is 64.2 cm³/mol. The molecule has 0 amide bonds. The fraction of sp³-hybridized carbons (Fsp3) is 1.00. The monoisotopic (exact) mass is 236 g/mol. The third kappa shape index (κ3) is 6.12. The van der Waals surface area contributed by atoms with Gasteiger partial charge in [0, 0.05) is 12.3 Å². The molecule has 0 aromatic carbocycles. The van der Waals surface area contributed by atoms with E-state index in [1.807, 2.05) is 0 Å². The van der Waals surface area contributed by atoms with Crippen LogP contribution in [0.4, 0.5) is 0 Å². The first-order valence-electron chi connectivity index (χ1n) is 5.58. The summed E-state index contributed by atoms with van der Waals surface area (Å²) in [7, 11) is -3.00. The van der Waals surface area contributed by atoms with Crippen LogP contribution in [0.2, 0.25) is 0 Å². The molecule has 0 rings (SSSR count). The van der Waals surface area contributed by atoms with E-state index in [0.29, 0.717) is 0 Å². The summed E-state index contributed by atoms with van der Waals surface area (Å²) in [4.78, 5) is 0. The van der Waals surface area contributed by atoms with E-state index in [4.69, 9.17) is 5.84 Å². The number of rotatable bonds is 8. The number of hydrazine groups is 1. The molecule has 3 N–H and O–H groups in total. The SMILES string of the molecule is CCCCCCC(NN)C(C)S(C)(=O)=O. The molecule has 92 valence electrons. The van der Waals surface area contributed by atoms with Gasteiger partial charge in [0.15, 0.2) is 9.84 Å². The maximum absolute atomic E-state index is 11.3. The third-order valence-corrected chi connectivity index (χ3v) is 4.50. The van der Waals surface area contributed by atoms with Crippen molar-refractivity contribution in [1.29, 1.82) is 0 Å². The Morgan fingerprint density at radius 3 is 2.27 bits per heavy atom. The lowest BCUT2D eigenvalue weighted by molar-refractivity contribution is 0.448. The molecule has 0 saturated carbocycles. The zero-order valence-corrected chi connectivity index (χ0v) is 10.8. The standard InChI is InChI=1S/C10H24N2O2S/c1-4-5-6-7-8-10(12-11)9(2)15(3,13)14/h9-10,12H,4-8,11H2,1-3H3. The normalized spacial score (nSPS) is 16.3. The number of sulfone groups is 1. The van der Waals surface area contributed by atoms with Gasteiger partial charge in [-0.2, -0.15) is 0 Å². The van der Waals surface area contributed by atoms with Crippen molar-refractivity contribution in [3.8, 4) is 0 Å². The van der Waals surface area contributed by atoms with Crippen molar-refractivity contribution in [2.45, 2.75) is 57.2 Å². The number of hydrogen-bond acceptors (Lipinski definition) is 4. The predicted octanol–water partition coefficient (Wildman–Crippen LogP) is 1.22. The second kappa shape index (κ2) is 7.19. The minimum atomic E-state index is -3.00. The van der Waals surface area contributed by atoms with Gasteiger partial charge in [-0.1, -0.05) is 32.6 Å². The second-order valence-corrected chi connectivity index (χ2v) is 6.56. The van der Waals surface area contributed by atoms with Crippen LogP contribution in [-0.2, 0) is 9.84 Å².